The van der Waals surface area contributed by atoms with Gasteiger partial charge in [-0.05, 0) is 33.1 Å². The Bertz CT molecular complexity index is 1160. The molecule has 0 saturated carbocycles. The summed E-state index contributed by atoms with van der Waals surface area (Å²) in [5, 5.41) is 2.42. The maximum absolute atomic E-state index is 11.7. The van der Waals surface area contributed by atoms with Crippen molar-refractivity contribution in [2.24, 2.45) is 0 Å². The number of hydrogen-bond acceptors (Lipinski definition) is 3. The number of rotatable bonds is 5. The summed E-state index contributed by atoms with van der Waals surface area (Å²) in [4.78, 5) is 15.8. The van der Waals surface area contributed by atoms with Gasteiger partial charge in [0.2, 0.25) is 0 Å². The van der Waals surface area contributed by atoms with Crippen molar-refractivity contribution in [3.05, 3.63) is 107 Å². The molecule has 2 aromatic heterocycles. The number of nitrogens with zero attached hydrogens (tertiary/aromatic N) is 2. The van der Waals surface area contributed by atoms with Crippen LogP contribution in [0.3, 0.4) is 0 Å². The molecule has 0 bridgehead atoms. The summed E-state index contributed by atoms with van der Waals surface area (Å²) in [5.41, 5.74) is 1.40. The molecule has 0 aliphatic rings. The van der Waals surface area contributed by atoms with Crippen LogP contribution in [0.2, 0.25) is 5.04 Å². The Morgan fingerprint density at radius 3 is 2.00 bits per heavy atom. The minimum absolute atomic E-state index is 0.0816. The molecule has 4 aromatic rings. The summed E-state index contributed by atoms with van der Waals surface area (Å²) in [5.74, 6) is 0. The highest BCUT2D eigenvalue weighted by atomic mass is 28.4. The summed E-state index contributed by atoms with van der Waals surface area (Å²) >= 11 is 0. The second-order valence-electron chi connectivity index (χ2n) is 8.52. The Hall–Kier alpha value is -3.02. The van der Waals surface area contributed by atoms with Gasteiger partial charge >= 0.3 is 0 Å². The van der Waals surface area contributed by atoms with Crippen LogP contribution in [0.5, 0.6) is 0 Å². The Morgan fingerprint density at radius 1 is 0.867 bits per heavy atom. The van der Waals surface area contributed by atoms with E-state index in [9.17, 15) is 4.79 Å². The Labute approximate surface area is 177 Å². The van der Waals surface area contributed by atoms with Crippen LogP contribution >= 0.6 is 0 Å². The molecular formula is C25H26N2O2Si. The topological polar surface area (TPSA) is 43.6 Å². The third-order valence-electron chi connectivity index (χ3n) is 5.50. The Balaban J connectivity index is 1.80. The first-order valence-electron chi connectivity index (χ1n) is 10.1. The molecule has 2 heterocycles. The fraction of sp³-hybridized carbons (Fsp3) is 0.200. The lowest BCUT2D eigenvalue weighted by Crippen LogP contribution is -2.66. The van der Waals surface area contributed by atoms with Gasteiger partial charge in [-0.2, -0.15) is 4.98 Å². The van der Waals surface area contributed by atoms with Crippen LogP contribution in [-0.2, 0) is 11.0 Å². The lowest BCUT2D eigenvalue weighted by atomic mass is 10.2. The van der Waals surface area contributed by atoms with Crippen molar-refractivity contribution in [3.8, 4) is 0 Å². The maximum atomic E-state index is 11.7. The van der Waals surface area contributed by atoms with Gasteiger partial charge in [-0.15, -0.1) is 0 Å². The number of aromatic nitrogens is 2. The van der Waals surface area contributed by atoms with E-state index in [1.165, 1.54) is 16.4 Å². The van der Waals surface area contributed by atoms with E-state index in [1.54, 1.807) is 6.20 Å². The number of fused-ring (bicyclic) bond motifs is 1. The highest BCUT2D eigenvalue weighted by Crippen LogP contribution is 2.37. The molecule has 0 fully saturated rings. The Kier molecular flexibility index (Phi) is 5.41. The second kappa shape index (κ2) is 8.01. The molecule has 152 valence electrons. The van der Waals surface area contributed by atoms with Crippen molar-refractivity contribution >= 4 is 24.3 Å². The number of benzene rings is 2. The summed E-state index contributed by atoms with van der Waals surface area (Å²) in [6.07, 6.45) is 3.66. The lowest BCUT2D eigenvalue weighted by Gasteiger charge is -2.43. The van der Waals surface area contributed by atoms with Crippen molar-refractivity contribution in [1.29, 1.82) is 0 Å². The average Bonchev–Trinajstić information content (AvgIpc) is 2.74. The molecule has 30 heavy (non-hydrogen) atoms. The van der Waals surface area contributed by atoms with Gasteiger partial charge < -0.3 is 8.83 Å². The normalized spacial score (nSPS) is 12.2. The molecule has 0 amide bonds. The molecule has 0 unspecified atom stereocenters. The van der Waals surface area contributed by atoms with Gasteiger partial charge in [-0.25, -0.2) is 0 Å². The second-order valence-corrected chi connectivity index (χ2v) is 12.8. The van der Waals surface area contributed by atoms with Gasteiger partial charge in [0.15, 0.2) is 0 Å². The van der Waals surface area contributed by atoms with Crippen LogP contribution in [0.4, 0.5) is 0 Å². The first-order valence-corrected chi connectivity index (χ1v) is 12.0. The first-order chi connectivity index (χ1) is 14.4. The van der Waals surface area contributed by atoms with E-state index < -0.39 is 8.32 Å². The van der Waals surface area contributed by atoms with Gasteiger partial charge in [0.1, 0.15) is 5.65 Å². The molecule has 0 radical (unpaired) electrons. The summed E-state index contributed by atoms with van der Waals surface area (Å²) in [7, 11) is -2.60. The summed E-state index contributed by atoms with van der Waals surface area (Å²) in [6, 6.07) is 26.6. The molecule has 4 rings (SSSR count). The van der Waals surface area contributed by atoms with Crippen LogP contribution < -0.4 is 15.9 Å². The van der Waals surface area contributed by atoms with E-state index in [2.05, 4.69) is 74.3 Å². The van der Waals surface area contributed by atoms with E-state index >= 15 is 0 Å². The average molecular weight is 415 g/mol. The highest BCUT2D eigenvalue weighted by molar-refractivity contribution is 6.99. The Morgan fingerprint density at radius 2 is 1.43 bits per heavy atom. The van der Waals surface area contributed by atoms with E-state index in [0.717, 1.165) is 5.56 Å². The highest BCUT2D eigenvalue weighted by Gasteiger charge is 2.50. The van der Waals surface area contributed by atoms with Crippen molar-refractivity contribution in [2.45, 2.75) is 32.4 Å². The molecule has 0 atom stereocenters. The summed E-state index contributed by atoms with van der Waals surface area (Å²) in [6.45, 7) is 7.25. The molecule has 4 nitrogen and oxygen atoms in total. The fourth-order valence-corrected chi connectivity index (χ4v) is 8.63. The van der Waals surface area contributed by atoms with Crippen LogP contribution in [0.1, 0.15) is 26.3 Å². The molecule has 0 aliphatic carbocycles. The predicted octanol–water partition coefficient (Wildman–Crippen LogP) is 3.77. The van der Waals surface area contributed by atoms with Crippen molar-refractivity contribution < 1.29 is 4.43 Å². The quantitative estimate of drug-likeness (QED) is 0.467. The fourth-order valence-electron chi connectivity index (χ4n) is 4.09. The van der Waals surface area contributed by atoms with Crippen LogP contribution in [0, 0.1) is 0 Å². The third-order valence-corrected chi connectivity index (χ3v) is 10.5. The zero-order valence-electron chi connectivity index (χ0n) is 17.6. The van der Waals surface area contributed by atoms with Crippen LogP contribution in [-0.4, -0.2) is 17.7 Å². The van der Waals surface area contributed by atoms with E-state index in [1.807, 2.05) is 34.9 Å². The van der Waals surface area contributed by atoms with Crippen molar-refractivity contribution in [3.63, 3.8) is 0 Å². The standard InChI is InChI=1S/C25H26N2O2Si/c1-25(2,3)30(21-10-6-4-7-11-21,22-12-8-5-9-13-22)29-19-20-14-16-27-17-15-24(28)26-23(27)18-20/h4-18H,19H2,1-3H3. The zero-order valence-corrected chi connectivity index (χ0v) is 18.6. The van der Waals surface area contributed by atoms with Gasteiger partial charge in [0, 0.05) is 18.5 Å². The minimum atomic E-state index is -2.60. The van der Waals surface area contributed by atoms with Gasteiger partial charge in [0.05, 0.1) is 6.61 Å². The third kappa shape index (κ3) is 3.74. The number of pyridine rings is 1. The minimum Gasteiger partial charge on any atom is -0.403 e. The molecule has 0 spiro atoms. The molecule has 2 aromatic carbocycles. The van der Waals surface area contributed by atoms with Crippen LogP contribution in [0.15, 0.2) is 96.1 Å². The maximum Gasteiger partial charge on any atom is 0.273 e. The van der Waals surface area contributed by atoms with Gasteiger partial charge in [-0.3, -0.25) is 4.79 Å². The van der Waals surface area contributed by atoms with E-state index in [0.29, 0.717) is 12.3 Å². The first kappa shape index (κ1) is 20.3. The van der Waals surface area contributed by atoms with Gasteiger partial charge in [-0.1, -0.05) is 81.4 Å². The summed E-state index contributed by atoms with van der Waals surface area (Å²) < 4.78 is 8.80. The van der Waals surface area contributed by atoms with Crippen molar-refractivity contribution in [2.75, 3.05) is 0 Å². The zero-order chi connectivity index (χ0) is 21.2. The SMILES string of the molecule is CC(C)(C)[Si](OCc1ccn2ccc(=O)nc2c1)(c1ccccc1)c1ccccc1. The van der Waals surface area contributed by atoms with E-state index in [4.69, 9.17) is 4.43 Å². The predicted molar refractivity (Wildman–Crippen MR) is 124 cm³/mol. The molecular weight excluding hydrogens is 388 g/mol. The number of hydrogen-bond donors (Lipinski definition) is 0. The largest absolute Gasteiger partial charge is 0.403 e. The van der Waals surface area contributed by atoms with Gasteiger partial charge in [0.25, 0.3) is 13.9 Å². The van der Waals surface area contributed by atoms with Crippen molar-refractivity contribution in [1.82, 2.24) is 9.38 Å². The smallest absolute Gasteiger partial charge is 0.273 e. The lowest BCUT2D eigenvalue weighted by molar-refractivity contribution is 0.286. The molecule has 5 heteroatoms. The van der Waals surface area contributed by atoms with E-state index in [-0.39, 0.29) is 10.6 Å². The molecule has 0 saturated heterocycles. The molecule has 0 N–H and O–H groups in total. The molecule has 0 aliphatic heterocycles. The monoisotopic (exact) mass is 414 g/mol. The van der Waals surface area contributed by atoms with Crippen LogP contribution in [0.25, 0.3) is 5.65 Å².